The Morgan fingerprint density at radius 3 is 2.82 bits per heavy atom. The number of aliphatic hydroxyl groups is 1. The highest BCUT2D eigenvalue weighted by atomic mass is 16.3. The number of nitrogens with one attached hydrogen (secondary N) is 2. The third-order valence-electron chi connectivity index (χ3n) is 2.85. The molecule has 1 rings (SSSR count). The van der Waals surface area contributed by atoms with E-state index in [-0.39, 0.29) is 12.1 Å². The molecule has 0 radical (unpaired) electrons. The van der Waals surface area contributed by atoms with Crippen LogP contribution in [0.5, 0.6) is 0 Å². The second kappa shape index (κ2) is 7.33. The Bertz CT molecular complexity index is 264. The lowest BCUT2D eigenvalue weighted by Crippen LogP contribution is -2.44. The van der Waals surface area contributed by atoms with Crippen molar-refractivity contribution in [3.8, 4) is 0 Å². The number of aliphatic hydroxyl groups excluding tert-OH is 1. The van der Waals surface area contributed by atoms with E-state index in [0.717, 1.165) is 19.3 Å². The topological polar surface area (TPSA) is 61.4 Å². The summed E-state index contributed by atoms with van der Waals surface area (Å²) in [7, 11) is 0. The van der Waals surface area contributed by atoms with Gasteiger partial charge in [-0.15, -0.1) is 0 Å². The smallest absolute Gasteiger partial charge is 0.315 e. The van der Waals surface area contributed by atoms with E-state index in [0.29, 0.717) is 18.9 Å². The summed E-state index contributed by atoms with van der Waals surface area (Å²) in [6, 6.07) is 0.0651. The number of hydrogen-bond donors (Lipinski definition) is 3. The fraction of sp³-hybridized carbons (Fsp3) is 0.769. The van der Waals surface area contributed by atoms with Crippen LogP contribution >= 0.6 is 0 Å². The van der Waals surface area contributed by atoms with Gasteiger partial charge in [-0.3, -0.25) is 0 Å². The van der Waals surface area contributed by atoms with Crippen molar-refractivity contribution in [1.29, 1.82) is 0 Å². The van der Waals surface area contributed by atoms with Crippen LogP contribution in [-0.4, -0.2) is 29.8 Å². The van der Waals surface area contributed by atoms with E-state index in [4.69, 9.17) is 0 Å². The van der Waals surface area contributed by atoms with Gasteiger partial charge in [-0.2, -0.15) is 0 Å². The Labute approximate surface area is 103 Å². The molecule has 2 atom stereocenters. The lowest BCUT2D eigenvalue weighted by molar-refractivity contribution is 0.146. The van der Waals surface area contributed by atoms with Gasteiger partial charge in [0.25, 0.3) is 0 Å². The number of rotatable bonds is 5. The van der Waals surface area contributed by atoms with Gasteiger partial charge in [0.2, 0.25) is 0 Å². The van der Waals surface area contributed by atoms with Crippen molar-refractivity contribution >= 4 is 6.03 Å². The summed E-state index contributed by atoms with van der Waals surface area (Å²) in [5.41, 5.74) is 0. The van der Waals surface area contributed by atoms with Gasteiger partial charge in [-0.05, 0) is 31.6 Å². The SMILES string of the molecule is CC(C)CC(O)CNC(=O)NC1CC=CCC1. The van der Waals surface area contributed by atoms with E-state index >= 15 is 0 Å². The molecule has 98 valence electrons. The van der Waals surface area contributed by atoms with Crippen LogP contribution in [0.3, 0.4) is 0 Å². The zero-order chi connectivity index (χ0) is 12.7. The fourth-order valence-corrected chi connectivity index (χ4v) is 2.00. The van der Waals surface area contributed by atoms with E-state index in [9.17, 15) is 9.90 Å². The molecule has 17 heavy (non-hydrogen) atoms. The summed E-state index contributed by atoms with van der Waals surface area (Å²) < 4.78 is 0. The third-order valence-corrected chi connectivity index (χ3v) is 2.85. The van der Waals surface area contributed by atoms with Gasteiger partial charge in [-0.25, -0.2) is 4.79 Å². The van der Waals surface area contributed by atoms with Crippen LogP contribution in [0.2, 0.25) is 0 Å². The molecule has 0 fully saturated rings. The van der Waals surface area contributed by atoms with E-state index in [2.05, 4.69) is 36.6 Å². The maximum atomic E-state index is 11.5. The normalized spacial score (nSPS) is 21.3. The van der Waals surface area contributed by atoms with Gasteiger partial charge in [0.15, 0.2) is 0 Å². The summed E-state index contributed by atoms with van der Waals surface area (Å²) >= 11 is 0. The van der Waals surface area contributed by atoms with Crippen LogP contribution in [-0.2, 0) is 0 Å². The second-order valence-electron chi connectivity index (χ2n) is 5.12. The molecule has 2 unspecified atom stereocenters. The predicted molar refractivity (Wildman–Crippen MR) is 68.8 cm³/mol. The molecule has 0 aromatic heterocycles. The summed E-state index contributed by atoms with van der Waals surface area (Å²) in [6.07, 6.45) is 7.44. The fourth-order valence-electron chi connectivity index (χ4n) is 2.00. The van der Waals surface area contributed by atoms with Crippen molar-refractivity contribution in [1.82, 2.24) is 10.6 Å². The largest absolute Gasteiger partial charge is 0.391 e. The van der Waals surface area contributed by atoms with Crippen molar-refractivity contribution < 1.29 is 9.90 Å². The average Bonchev–Trinajstić information content (AvgIpc) is 2.27. The maximum Gasteiger partial charge on any atom is 0.315 e. The number of hydrogen-bond acceptors (Lipinski definition) is 2. The number of carbonyl (C=O) groups excluding carboxylic acids is 1. The van der Waals surface area contributed by atoms with Crippen LogP contribution < -0.4 is 10.6 Å². The molecule has 0 heterocycles. The highest BCUT2D eigenvalue weighted by Crippen LogP contribution is 2.10. The molecule has 1 aliphatic carbocycles. The first-order chi connectivity index (χ1) is 8.08. The van der Waals surface area contributed by atoms with Gasteiger partial charge < -0.3 is 15.7 Å². The summed E-state index contributed by atoms with van der Waals surface area (Å²) in [5.74, 6) is 0.443. The minimum Gasteiger partial charge on any atom is -0.391 e. The van der Waals surface area contributed by atoms with Crippen molar-refractivity contribution in [2.24, 2.45) is 5.92 Å². The molecule has 0 aromatic rings. The Hall–Kier alpha value is -1.03. The van der Waals surface area contributed by atoms with Crippen LogP contribution in [0, 0.1) is 5.92 Å². The monoisotopic (exact) mass is 240 g/mol. The highest BCUT2D eigenvalue weighted by Gasteiger charge is 2.13. The second-order valence-corrected chi connectivity index (χ2v) is 5.12. The predicted octanol–water partition coefficient (Wildman–Crippen LogP) is 1.80. The first kappa shape index (κ1) is 14.0. The highest BCUT2D eigenvalue weighted by molar-refractivity contribution is 5.74. The quantitative estimate of drug-likeness (QED) is 0.642. The average molecular weight is 240 g/mol. The summed E-state index contributed by atoms with van der Waals surface area (Å²) in [4.78, 5) is 11.5. The molecule has 0 spiro atoms. The number of urea groups is 1. The third kappa shape index (κ3) is 6.31. The molecular weight excluding hydrogens is 216 g/mol. The summed E-state index contributed by atoms with van der Waals surface area (Å²) in [5, 5.41) is 15.2. The molecule has 4 heteroatoms. The number of allylic oxidation sites excluding steroid dienone is 1. The Morgan fingerprint density at radius 1 is 1.47 bits per heavy atom. The van der Waals surface area contributed by atoms with Crippen molar-refractivity contribution in [3.05, 3.63) is 12.2 Å². The van der Waals surface area contributed by atoms with E-state index in [1.54, 1.807) is 0 Å². The van der Waals surface area contributed by atoms with Crippen LogP contribution in [0.4, 0.5) is 4.79 Å². The van der Waals surface area contributed by atoms with Crippen molar-refractivity contribution in [2.45, 2.75) is 51.7 Å². The Balaban J connectivity index is 2.14. The lowest BCUT2D eigenvalue weighted by atomic mass is 10.0. The van der Waals surface area contributed by atoms with Crippen molar-refractivity contribution in [3.63, 3.8) is 0 Å². The standard InChI is InChI=1S/C13H24N2O2/c1-10(2)8-12(16)9-14-13(17)15-11-6-4-3-5-7-11/h3-4,10-12,16H,5-9H2,1-2H3,(H2,14,15,17). The van der Waals surface area contributed by atoms with Gasteiger partial charge >= 0.3 is 6.03 Å². The molecule has 0 aliphatic heterocycles. The molecular formula is C13H24N2O2. The molecule has 0 bridgehead atoms. The van der Waals surface area contributed by atoms with E-state index in [1.807, 2.05) is 0 Å². The first-order valence-electron chi connectivity index (χ1n) is 6.45. The zero-order valence-corrected chi connectivity index (χ0v) is 10.8. The van der Waals surface area contributed by atoms with Gasteiger partial charge in [-0.1, -0.05) is 26.0 Å². The molecule has 0 saturated carbocycles. The zero-order valence-electron chi connectivity index (χ0n) is 10.8. The van der Waals surface area contributed by atoms with Crippen molar-refractivity contribution in [2.75, 3.05) is 6.54 Å². The molecule has 1 aliphatic rings. The van der Waals surface area contributed by atoms with Gasteiger partial charge in [0, 0.05) is 12.6 Å². The number of carbonyl (C=O) groups is 1. The molecule has 0 saturated heterocycles. The molecule has 2 amide bonds. The lowest BCUT2D eigenvalue weighted by Gasteiger charge is -2.20. The van der Waals surface area contributed by atoms with Crippen LogP contribution in [0.25, 0.3) is 0 Å². The summed E-state index contributed by atoms with van der Waals surface area (Å²) in [6.45, 7) is 4.43. The van der Waals surface area contributed by atoms with Crippen LogP contribution in [0.15, 0.2) is 12.2 Å². The van der Waals surface area contributed by atoms with E-state index in [1.165, 1.54) is 0 Å². The molecule has 0 aromatic carbocycles. The molecule has 4 nitrogen and oxygen atoms in total. The first-order valence-corrected chi connectivity index (χ1v) is 6.45. The number of amides is 2. The van der Waals surface area contributed by atoms with Gasteiger partial charge in [0.05, 0.1) is 6.10 Å². The Morgan fingerprint density at radius 2 is 2.24 bits per heavy atom. The minimum absolute atomic E-state index is 0.173. The molecule has 3 N–H and O–H groups in total. The maximum absolute atomic E-state index is 11.5. The van der Waals surface area contributed by atoms with E-state index < -0.39 is 6.10 Å². The minimum atomic E-state index is -0.452. The Kier molecular flexibility index (Phi) is 6.05. The van der Waals surface area contributed by atoms with Crippen LogP contribution in [0.1, 0.15) is 39.5 Å². The van der Waals surface area contributed by atoms with Gasteiger partial charge in [0.1, 0.15) is 0 Å².